The smallest absolute Gasteiger partial charge is 0.254 e. The number of carbonyl (C=O) groups excluding carboxylic acids is 1. The Bertz CT molecular complexity index is 2410. The molecule has 15 heteroatoms. The van der Waals surface area contributed by atoms with Crippen molar-refractivity contribution >= 4 is 29.3 Å². The molecule has 0 unspecified atom stereocenters. The standard InChI is InChI=1S/C47H49FN10O4/c1-60-38-8-3-33(4-9-38)31-57(32-34-5-10-39(61-2)11-6-34)46-50-28-37(29-51-46)43-40-15-18-58(44(40)53-47(52-43)56-23-25-62-26-24-56)42-12-7-36(27-41(42)48)45(59)55-21-19-54(20-22-55)30-35-13-16-49-17-14-35/h3-14,16-17,27-29H,15,18-26,30-32H2,1-2H3. The van der Waals surface area contributed by atoms with Crippen LogP contribution in [0.2, 0.25) is 0 Å². The first-order valence-electron chi connectivity index (χ1n) is 21.0. The molecule has 9 rings (SSSR count). The van der Waals surface area contributed by atoms with Crippen LogP contribution in [-0.4, -0.2) is 114 Å². The molecule has 0 aliphatic carbocycles. The maximum absolute atomic E-state index is 16.3. The Kier molecular flexibility index (Phi) is 12.1. The summed E-state index contributed by atoms with van der Waals surface area (Å²) in [5.41, 5.74) is 6.36. The number of hydrogen-bond acceptors (Lipinski definition) is 13. The summed E-state index contributed by atoms with van der Waals surface area (Å²) in [5.74, 6) is 2.65. The number of fused-ring (bicyclic) bond motifs is 1. The Morgan fingerprint density at radius 3 is 2.02 bits per heavy atom. The zero-order chi connectivity index (χ0) is 42.4. The predicted molar refractivity (Wildman–Crippen MR) is 234 cm³/mol. The van der Waals surface area contributed by atoms with E-state index in [4.69, 9.17) is 34.1 Å². The molecule has 0 radical (unpaired) electrons. The van der Waals surface area contributed by atoms with Crippen LogP contribution in [0.15, 0.2) is 104 Å². The molecule has 3 aliphatic heterocycles. The highest BCUT2D eigenvalue weighted by molar-refractivity contribution is 5.95. The van der Waals surface area contributed by atoms with Crippen molar-refractivity contribution in [3.05, 3.63) is 137 Å². The molecule has 318 valence electrons. The molecule has 6 aromatic rings. The summed E-state index contributed by atoms with van der Waals surface area (Å²) in [6.45, 7) is 7.42. The lowest BCUT2D eigenvalue weighted by Crippen LogP contribution is -2.48. The van der Waals surface area contributed by atoms with Crippen LogP contribution in [0.5, 0.6) is 11.5 Å². The van der Waals surface area contributed by atoms with E-state index >= 15 is 4.39 Å². The maximum Gasteiger partial charge on any atom is 0.254 e. The normalized spacial score (nSPS) is 15.4. The number of methoxy groups -OCH3 is 2. The minimum atomic E-state index is -0.477. The van der Waals surface area contributed by atoms with Gasteiger partial charge in [0, 0.05) is 107 Å². The number of pyridine rings is 1. The summed E-state index contributed by atoms with van der Waals surface area (Å²) in [4.78, 5) is 48.0. The summed E-state index contributed by atoms with van der Waals surface area (Å²) >= 11 is 0. The SMILES string of the molecule is COc1ccc(CN(Cc2ccc(OC)cc2)c2ncc(-c3nc(N4CCOCC4)nc4c3CCN4c3ccc(C(=O)N4CCN(Cc5ccncc5)CC4)cc3F)cn2)cc1. The Morgan fingerprint density at radius 1 is 0.758 bits per heavy atom. The lowest BCUT2D eigenvalue weighted by molar-refractivity contribution is 0.0628. The number of nitrogens with zero attached hydrogens (tertiary/aromatic N) is 10. The number of benzene rings is 3. The van der Waals surface area contributed by atoms with Gasteiger partial charge in [0.15, 0.2) is 0 Å². The van der Waals surface area contributed by atoms with Gasteiger partial charge < -0.3 is 33.8 Å². The fourth-order valence-electron chi connectivity index (χ4n) is 8.23. The third-order valence-electron chi connectivity index (χ3n) is 11.7. The lowest BCUT2D eigenvalue weighted by atomic mass is 10.1. The second-order valence-corrected chi connectivity index (χ2v) is 15.6. The highest BCUT2D eigenvalue weighted by atomic mass is 19.1. The maximum atomic E-state index is 16.3. The number of hydrogen-bond donors (Lipinski definition) is 0. The number of halogens is 1. The third-order valence-corrected chi connectivity index (χ3v) is 11.7. The predicted octanol–water partition coefficient (Wildman–Crippen LogP) is 6.18. The molecular weight excluding hydrogens is 788 g/mol. The lowest BCUT2D eigenvalue weighted by Gasteiger charge is -2.34. The average molecular weight is 837 g/mol. The number of anilines is 4. The number of morpholine rings is 1. The Balaban J connectivity index is 0.972. The summed E-state index contributed by atoms with van der Waals surface area (Å²) in [6.07, 6.45) is 7.79. The zero-order valence-corrected chi connectivity index (χ0v) is 35.0. The van der Waals surface area contributed by atoms with E-state index in [2.05, 4.69) is 19.7 Å². The summed E-state index contributed by atoms with van der Waals surface area (Å²) < 4.78 is 32.7. The highest BCUT2D eigenvalue weighted by Crippen LogP contribution is 2.40. The van der Waals surface area contributed by atoms with Crippen LogP contribution in [0.3, 0.4) is 0 Å². The van der Waals surface area contributed by atoms with E-state index in [1.54, 1.807) is 38.7 Å². The summed E-state index contributed by atoms with van der Waals surface area (Å²) in [7, 11) is 3.31. The fourth-order valence-corrected chi connectivity index (χ4v) is 8.23. The fraction of sp³-hybridized carbons (Fsp3) is 0.319. The molecular formula is C47H49FN10O4. The van der Waals surface area contributed by atoms with Gasteiger partial charge in [-0.05, 0) is 77.7 Å². The van der Waals surface area contributed by atoms with Gasteiger partial charge in [-0.3, -0.25) is 14.7 Å². The van der Waals surface area contributed by atoms with E-state index in [1.165, 1.54) is 11.6 Å². The largest absolute Gasteiger partial charge is 0.497 e. The third kappa shape index (κ3) is 8.99. The van der Waals surface area contributed by atoms with Crippen molar-refractivity contribution < 1.29 is 23.4 Å². The minimum Gasteiger partial charge on any atom is -0.497 e. The molecule has 6 heterocycles. The number of aromatic nitrogens is 5. The van der Waals surface area contributed by atoms with Crippen molar-refractivity contribution in [3.8, 4) is 22.8 Å². The molecule has 0 spiro atoms. The first kappa shape index (κ1) is 40.7. The van der Waals surface area contributed by atoms with E-state index in [-0.39, 0.29) is 5.91 Å². The van der Waals surface area contributed by atoms with Gasteiger partial charge in [-0.1, -0.05) is 24.3 Å². The van der Waals surface area contributed by atoms with E-state index in [1.807, 2.05) is 82.9 Å². The minimum absolute atomic E-state index is 0.171. The molecule has 3 aliphatic rings. The molecule has 62 heavy (non-hydrogen) atoms. The van der Waals surface area contributed by atoms with E-state index in [0.29, 0.717) is 100 Å². The van der Waals surface area contributed by atoms with Crippen molar-refractivity contribution in [2.45, 2.75) is 26.1 Å². The molecule has 1 amide bonds. The number of ether oxygens (including phenoxy) is 3. The molecule has 2 saturated heterocycles. The van der Waals surface area contributed by atoms with Crippen LogP contribution >= 0.6 is 0 Å². The zero-order valence-electron chi connectivity index (χ0n) is 35.0. The van der Waals surface area contributed by atoms with Crippen LogP contribution in [0.1, 0.15) is 32.6 Å². The van der Waals surface area contributed by atoms with Crippen molar-refractivity contribution in [2.75, 3.05) is 87.9 Å². The van der Waals surface area contributed by atoms with E-state index < -0.39 is 5.82 Å². The molecule has 3 aromatic carbocycles. The molecule has 0 atom stereocenters. The van der Waals surface area contributed by atoms with Gasteiger partial charge in [0.25, 0.3) is 5.91 Å². The van der Waals surface area contributed by atoms with Crippen LogP contribution < -0.4 is 24.2 Å². The van der Waals surface area contributed by atoms with Crippen LogP contribution in [0.25, 0.3) is 11.3 Å². The van der Waals surface area contributed by atoms with Crippen molar-refractivity contribution in [1.29, 1.82) is 0 Å². The quantitative estimate of drug-likeness (QED) is 0.132. The van der Waals surface area contributed by atoms with Gasteiger partial charge in [-0.25, -0.2) is 19.3 Å². The van der Waals surface area contributed by atoms with Crippen molar-refractivity contribution in [1.82, 2.24) is 34.7 Å². The highest BCUT2D eigenvalue weighted by Gasteiger charge is 2.32. The number of rotatable bonds is 13. The number of piperazine rings is 1. The number of carbonyl (C=O) groups is 1. The topological polar surface area (TPSA) is 125 Å². The molecule has 3 aromatic heterocycles. The second kappa shape index (κ2) is 18.5. The Labute approximate surface area is 360 Å². The average Bonchev–Trinajstić information content (AvgIpc) is 3.76. The summed E-state index contributed by atoms with van der Waals surface area (Å²) in [5, 5.41) is 0. The van der Waals surface area contributed by atoms with Gasteiger partial charge >= 0.3 is 0 Å². The van der Waals surface area contributed by atoms with Gasteiger partial charge in [-0.2, -0.15) is 4.98 Å². The molecule has 0 bridgehead atoms. The van der Waals surface area contributed by atoms with Gasteiger partial charge in [0.1, 0.15) is 23.1 Å². The van der Waals surface area contributed by atoms with E-state index in [0.717, 1.165) is 53.4 Å². The summed E-state index contributed by atoms with van der Waals surface area (Å²) in [6, 6.07) is 24.8. The molecule has 2 fully saturated rings. The van der Waals surface area contributed by atoms with Crippen molar-refractivity contribution in [3.63, 3.8) is 0 Å². The molecule has 0 N–H and O–H groups in total. The van der Waals surface area contributed by atoms with E-state index in [9.17, 15) is 4.79 Å². The second-order valence-electron chi connectivity index (χ2n) is 15.6. The molecule has 0 saturated carbocycles. The first-order chi connectivity index (χ1) is 30.4. The monoisotopic (exact) mass is 836 g/mol. The van der Waals surface area contributed by atoms with Gasteiger partial charge in [0.05, 0.1) is 38.8 Å². The van der Waals surface area contributed by atoms with Crippen LogP contribution in [0.4, 0.5) is 27.8 Å². The number of amides is 1. The van der Waals surface area contributed by atoms with Crippen LogP contribution in [-0.2, 0) is 30.8 Å². The molecule has 14 nitrogen and oxygen atoms in total. The Morgan fingerprint density at radius 2 is 1.40 bits per heavy atom. The Hall–Kier alpha value is -6.71. The van der Waals surface area contributed by atoms with Crippen molar-refractivity contribution in [2.24, 2.45) is 0 Å². The van der Waals surface area contributed by atoms with Crippen LogP contribution in [0, 0.1) is 5.82 Å². The van der Waals surface area contributed by atoms with Gasteiger partial charge in [-0.15, -0.1) is 0 Å². The van der Waals surface area contributed by atoms with Gasteiger partial charge in [0.2, 0.25) is 11.9 Å². The first-order valence-corrected chi connectivity index (χ1v) is 21.0.